The van der Waals surface area contributed by atoms with Crippen molar-refractivity contribution in [3.8, 4) is 0 Å². The highest BCUT2D eigenvalue weighted by Gasteiger charge is 2.08. The maximum atomic E-state index is 10.2. The minimum atomic E-state index is -0.994. The number of rotatable bonds is 5. The molecule has 0 aliphatic carbocycles. The van der Waals surface area contributed by atoms with Crippen LogP contribution in [0.15, 0.2) is 0 Å². The van der Waals surface area contributed by atoms with Crippen LogP contribution < -0.4 is 5.32 Å². The molecule has 0 bridgehead atoms. The third-order valence-electron chi connectivity index (χ3n) is 1.42. The lowest BCUT2D eigenvalue weighted by atomic mass is 10.1. The first-order chi connectivity index (χ1) is 5.20. The van der Waals surface area contributed by atoms with Gasteiger partial charge in [0.2, 0.25) is 0 Å². The van der Waals surface area contributed by atoms with Crippen molar-refractivity contribution in [2.45, 2.75) is 32.2 Å². The van der Waals surface area contributed by atoms with E-state index < -0.39 is 6.09 Å². The van der Waals surface area contributed by atoms with Crippen LogP contribution in [0.25, 0.3) is 0 Å². The summed E-state index contributed by atoms with van der Waals surface area (Å²) in [6.45, 7) is 2.06. The number of hydrogen-bond donors (Lipinski definition) is 2. The Bertz CT molecular complexity index is 119. The largest absolute Gasteiger partial charge is 0.465 e. The molecule has 0 heterocycles. The Morgan fingerprint density at radius 3 is 2.73 bits per heavy atom. The van der Waals surface area contributed by atoms with Crippen molar-refractivity contribution in [1.82, 2.24) is 5.32 Å². The summed E-state index contributed by atoms with van der Waals surface area (Å²) in [6, 6.07) is -0.0888. The summed E-state index contributed by atoms with van der Waals surface area (Å²) < 4.78 is 0. The predicted molar refractivity (Wildman–Crippen MR) is 45.2 cm³/mol. The fraction of sp³-hybridized carbons (Fsp3) is 0.857. The lowest BCUT2D eigenvalue weighted by Gasteiger charge is -2.12. The minimum absolute atomic E-state index is 0.0888. The topological polar surface area (TPSA) is 49.3 Å². The highest BCUT2D eigenvalue weighted by atomic mass is 35.5. The second-order valence-electron chi connectivity index (χ2n) is 2.44. The summed E-state index contributed by atoms with van der Waals surface area (Å²) in [5.74, 6) is 0.353. The zero-order valence-corrected chi connectivity index (χ0v) is 7.40. The molecule has 0 aliphatic rings. The number of halogens is 1. The third-order valence-corrected chi connectivity index (χ3v) is 1.79. The molecule has 4 heteroatoms. The van der Waals surface area contributed by atoms with E-state index in [2.05, 4.69) is 12.2 Å². The van der Waals surface area contributed by atoms with Crippen LogP contribution in [-0.2, 0) is 0 Å². The van der Waals surface area contributed by atoms with E-state index in [1.807, 2.05) is 0 Å². The van der Waals surface area contributed by atoms with Gasteiger partial charge in [-0.15, -0.1) is 11.6 Å². The van der Waals surface area contributed by atoms with E-state index in [-0.39, 0.29) is 6.04 Å². The van der Waals surface area contributed by atoms with Crippen molar-refractivity contribution >= 4 is 17.7 Å². The highest BCUT2D eigenvalue weighted by molar-refractivity contribution is 6.18. The van der Waals surface area contributed by atoms with Crippen LogP contribution >= 0.6 is 11.6 Å². The van der Waals surface area contributed by atoms with Gasteiger partial charge in [0.1, 0.15) is 0 Å². The molecule has 0 aromatic carbocycles. The molecule has 3 nitrogen and oxygen atoms in total. The van der Waals surface area contributed by atoms with Crippen molar-refractivity contribution < 1.29 is 9.90 Å². The molecule has 0 radical (unpaired) electrons. The number of carboxylic acid groups (broad SMARTS) is 1. The first-order valence-electron chi connectivity index (χ1n) is 3.76. The van der Waals surface area contributed by atoms with Gasteiger partial charge in [0, 0.05) is 11.9 Å². The zero-order valence-electron chi connectivity index (χ0n) is 6.64. The molecule has 0 spiro atoms. The molecule has 66 valence electrons. The fourth-order valence-corrected chi connectivity index (χ4v) is 1.04. The van der Waals surface area contributed by atoms with Crippen LogP contribution in [0.5, 0.6) is 0 Å². The van der Waals surface area contributed by atoms with Crippen LogP contribution in [0, 0.1) is 0 Å². The second kappa shape index (κ2) is 6.28. The SMILES string of the molecule is CCCCC(CCl)NC(=O)O. The molecule has 0 rings (SSSR count). The van der Waals surface area contributed by atoms with Crippen molar-refractivity contribution in [3.05, 3.63) is 0 Å². The van der Waals surface area contributed by atoms with Crippen LogP contribution in [0.4, 0.5) is 4.79 Å². The standard InChI is InChI=1S/C7H14ClNO2/c1-2-3-4-6(5-8)9-7(10)11/h6,9H,2-5H2,1H3,(H,10,11). The molecule has 0 saturated heterocycles. The van der Waals surface area contributed by atoms with Crippen LogP contribution in [-0.4, -0.2) is 23.1 Å². The molecular formula is C7H14ClNO2. The summed E-state index contributed by atoms with van der Waals surface area (Å²) in [7, 11) is 0. The fourth-order valence-electron chi connectivity index (χ4n) is 0.813. The van der Waals surface area contributed by atoms with Gasteiger partial charge in [-0.25, -0.2) is 4.79 Å². The molecule has 0 aliphatic heterocycles. The monoisotopic (exact) mass is 179 g/mol. The molecule has 0 aromatic heterocycles. The number of nitrogens with one attached hydrogen (secondary N) is 1. The van der Waals surface area contributed by atoms with Gasteiger partial charge in [-0.1, -0.05) is 19.8 Å². The minimum Gasteiger partial charge on any atom is -0.465 e. The number of carbonyl (C=O) groups is 1. The zero-order chi connectivity index (χ0) is 8.69. The Hall–Kier alpha value is -0.440. The summed E-state index contributed by atoms with van der Waals surface area (Å²) >= 11 is 5.52. The lowest BCUT2D eigenvalue weighted by Crippen LogP contribution is -2.34. The van der Waals surface area contributed by atoms with E-state index in [0.717, 1.165) is 19.3 Å². The lowest BCUT2D eigenvalue weighted by molar-refractivity contribution is 0.190. The van der Waals surface area contributed by atoms with Crippen molar-refractivity contribution in [3.63, 3.8) is 0 Å². The summed E-state index contributed by atoms with van der Waals surface area (Å²) in [5.41, 5.74) is 0. The summed E-state index contributed by atoms with van der Waals surface area (Å²) in [4.78, 5) is 10.2. The number of alkyl halides is 1. The van der Waals surface area contributed by atoms with Gasteiger partial charge < -0.3 is 10.4 Å². The third kappa shape index (κ3) is 5.98. The summed E-state index contributed by atoms with van der Waals surface area (Å²) in [5, 5.41) is 10.7. The van der Waals surface area contributed by atoms with Gasteiger partial charge in [-0.2, -0.15) is 0 Å². The molecule has 1 amide bonds. The van der Waals surface area contributed by atoms with Gasteiger partial charge >= 0.3 is 6.09 Å². The van der Waals surface area contributed by atoms with Gasteiger partial charge in [0.05, 0.1) is 0 Å². The van der Waals surface area contributed by atoms with Crippen LogP contribution in [0.2, 0.25) is 0 Å². The van der Waals surface area contributed by atoms with Crippen LogP contribution in [0.3, 0.4) is 0 Å². The number of unbranched alkanes of at least 4 members (excludes halogenated alkanes) is 1. The van der Waals surface area contributed by atoms with E-state index in [0.29, 0.717) is 5.88 Å². The quantitative estimate of drug-likeness (QED) is 0.635. The molecule has 0 aromatic rings. The molecule has 1 unspecified atom stereocenters. The Labute approximate surface area is 71.7 Å². The normalized spacial score (nSPS) is 12.5. The van der Waals surface area contributed by atoms with Crippen molar-refractivity contribution in [1.29, 1.82) is 0 Å². The first-order valence-corrected chi connectivity index (χ1v) is 4.29. The van der Waals surface area contributed by atoms with E-state index in [1.54, 1.807) is 0 Å². The van der Waals surface area contributed by atoms with Gasteiger partial charge in [0.25, 0.3) is 0 Å². The van der Waals surface area contributed by atoms with E-state index in [4.69, 9.17) is 16.7 Å². The highest BCUT2D eigenvalue weighted by Crippen LogP contribution is 2.01. The average molecular weight is 180 g/mol. The van der Waals surface area contributed by atoms with Crippen molar-refractivity contribution in [2.24, 2.45) is 0 Å². The molecule has 0 fully saturated rings. The van der Waals surface area contributed by atoms with E-state index in [1.165, 1.54) is 0 Å². The Morgan fingerprint density at radius 2 is 2.36 bits per heavy atom. The molecule has 0 saturated carbocycles. The van der Waals surface area contributed by atoms with Crippen molar-refractivity contribution in [2.75, 3.05) is 5.88 Å². The Kier molecular flexibility index (Phi) is 6.03. The summed E-state index contributed by atoms with van der Waals surface area (Å²) in [6.07, 6.45) is 1.91. The number of amides is 1. The molecule has 11 heavy (non-hydrogen) atoms. The second-order valence-corrected chi connectivity index (χ2v) is 2.75. The predicted octanol–water partition coefficient (Wildman–Crippen LogP) is 2.05. The number of hydrogen-bond acceptors (Lipinski definition) is 1. The molecule has 1 atom stereocenters. The first kappa shape index (κ1) is 10.6. The average Bonchev–Trinajstić information content (AvgIpc) is 1.97. The van der Waals surface area contributed by atoms with Gasteiger partial charge in [0.15, 0.2) is 0 Å². The van der Waals surface area contributed by atoms with E-state index in [9.17, 15) is 4.79 Å². The Balaban J connectivity index is 3.49. The molecular weight excluding hydrogens is 166 g/mol. The maximum Gasteiger partial charge on any atom is 0.404 e. The van der Waals surface area contributed by atoms with E-state index >= 15 is 0 Å². The van der Waals surface area contributed by atoms with Gasteiger partial charge in [-0.05, 0) is 6.42 Å². The molecule has 2 N–H and O–H groups in total. The maximum absolute atomic E-state index is 10.2. The Morgan fingerprint density at radius 1 is 1.73 bits per heavy atom. The van der Waals surface area contributed by atoms with Gasteiger partial charge in [-0.3, -0.25) is 0 Å². The van der Waals surface area contributed by atoms with Crippen LogP contribution in [0.1, 0.15) is 26.2 Å². The smallest absolute Gasteiger partial charge is 0.404 e.